The number of rotatable bonds is 5. The van der Waals surface area contributed by atoms with Gasteiger partial charge in [0.1, 0.15) is 5.82 Å². The average molecular weight is 454 g/mol. The monoisotopic (exact) mass is 453 g/mol. The van der Waals surface area contributed by atoms with Crippen molar-refractivity contribution >= 4 is 17.4 Å². The first-order valence-electron chi connectivity index (χ1n) is 10.8. The molecule has 0 bridgehead atoms. The normalized spacial score (nSPS) is 19.9. The van der Waals surface area contributed by atoms with Crippen LogP contribution in [-0.2, 0) is 9.59 Å². The molecule has 2 aromatic carbocycles. The minimum atomic E-state index is -0.533. The highest BCUT2D eigenvalue weighted by molar-refractivity contribution is 6.08. The Morgan fingerprint density at radius 2 is 1.64 bits per heavy atom. The van der Waals surface area contributed by atoms with Gasteiger partial charge < -0.3 is 14.2 Å². The second kappa shape index (κ2) is 8.54. The number of ketones is 1. The zero-order valence-electron chi connectivity index (χ0n) is 19.5. The van der Waals surface area contributed by atoms with Crippen molar-refractivity contribution in [1.82, 2.24) is 0 Å². The van der Waals surface area contributed by atoms with Gasteiger partial charge in [-0.05, 0) is 30.0 Å². The number of anilines is 1. The number of carbonyl (C=O) groups excluding carboxylic acids is 2. The Hall–Kier alpha value is -3.35. The molecule has 0 unspecified atom stereocenters. The number of hydrogen-bond donors (Lipinski definition) is 0. The molecule has 0 fully saturated rings. The molecule has 1 aliphatic carbocycles. The second-order valence-corrected chi connectivity index (χ2v) is 9.16. The molecule has 7 heteroatoms. The first kappa shape index (κ1) is 22.8. The van der Waals surface area contributed by atoms with Gasteiger partial charge in [-0.1, -0.05) is 32.0 Å². The van der Waals surface area contributed by atoms with E-state index < -0.39 is 11.7 Å². The van der Waals surface area contributed by atoms with E-state index in [2.05, 4.69) is 0 Å². The number of ether oxygens (including phenoxy) is 3. The van der Waals surface area contributed by atoms with Crippen molar-refractivity contribution in [3.05, 3.63) is 59.0 Å². The summed E-state index contributed by atoms with van der Waals surface area (Å²) in [6, 6.07) is 9.70. The summed E-state index contributed by atoms with van der Waals surface area (Å²) in [4.78, 5) is 28.4. The van der Waals surface area contributed by atoms with E-state index in [9.17, 15) is 14.0 Å². The van der Waals surface area contributed by atoms with Crippen LogP contribution in [0.3, 0.4) is 0 Å². The molecule has 6 nitrogen and oxygen atoms in total. The molecule has 0 aromatic heterocycles. The Balaban J connectivity index is 1.96. The molecule has 1 amide bonds. The van der Waals surface area contributed by atoms with Crippen molar-refractivity contribution in [2.24, 2.45) is 5.41 Å². The number of nitrogens with zero attached hydrogens (tertiary/aromatic N) is 1. The number of benzene rings is 2. The lowest BCUT2D eigenvalue weighted by Gasteiger charge is -2.43. The quantitative estimate of drug-likeness (QED) is 0.636. The van der Waals surface area contributed by atoms with Crippen molar-refractivity contribution < 1.29 is 28.2 Å². The molecule has 4 rings (SSSR count). The molecule has 2 aromatic rings. The van der Waals surface area contributed by atoms with Crippen LogP contribution in [0.15, 0.2) is 47.7 Å². The minimum absolute atomic E-state index is 0.00514. The van der Waals surface area contributed by atoms with E-state index in [4.69, 9.17) is 14.2 Å². The molecule has 174 valence electrons. The third-order valence-corrected chi connectivity index (χ3v) is 6.35. The Bertz CT molecular complexity index is 1150. The first-order chi connectivity index (χ1) is 15.7. The van der Waals surface area contributed by atoms with E-state index in [1.807, 2.05) is 13.8 Å². The molecule has 2 aliphatic rings. The molecule has 0 saturated heterocycles. The minimum Gasteiger partial charge on any atom is -0.493 e. The molecular formula is C26H28FNO5. The van der Waals surface area contributed by atoms with Gasteiger partial charge in [-0.25, -0.2) is 4.39 Å². The number of hydrogen-bond acceptors (Lipinski definition) is 5. The zero-order chi connectivity index (χ0) is 23.9. The van der Waals surface area contributed by atoms with E-state index in [0.717, 1.165) is 0 Å². The second-order valence-electron chi connectivity index (χ2n) is 9.16. The van der Waals surface area contributed by atoms with Crippen molar-refractivity contribution in [1.29, 1.82) is 0 Å². The van der Waals surface area contributed by atoms with Crippen LogP contribution < -0.4 is 19.1 Å². The van der Waals surface area contributed by atoms with E-state index in [1.54, 1.807) is 30.3 Å². The number of para-hydroxylation sites is 1. The van der Waals surface area contributed by atoms with Crippen LogP contribution in [0.25, 0.3) is 0 Å². The van der Waals surface area contributed by atoms with Gasteiger partial charge in [-0.2, -0.15) is 0 Å². The lowest BCUT2D eigenvalue weighted by molar-refractivity contribution is -0.121. The summed E-state index contributed by atoms with van der Waals surface area (Å²) in [5, 5.41) is 0. The Kier molecular flexibility index (Phi) is 5.91. The molecule has 33 heavy (non-hydrogen) atoms. The molecule has 1 atom stereocenters. The predicted molar refractivity (Wildman–Crippen MR) is 122 cm³/mol. The molecule has 1 heterocycles. The van der Waals surface area contributed by atoms with Gasteiger partial charge in [0.15, 0.2) is 17.3 Å². The van der Waals surface area contributed by atoms with Crippen molar-refractivity contribution in [2.75, 3.05) is 26.2 Å². The Morgan fingerprint density at radius 1 is 0.939 bits per heavy atom. The summed E-state index contributed by atoms with van der Waals surface area (Å²) in [5.74, 6) is -0.0584. The lowest BCUT2D eigenvalue weighted by Crippen LogP contribution is -2.44. The van der Waals surface area contributed by atoms with Crippen molar-refractivity contribution in [3.63, 3.8) is 0 Å². The van der Waals surface area contributed by atoms with Crippen LogP contribution in [0.2, 0.25) is 0 Å². The van der Waals surface area contributed by atoms with Crippen LogP contribution in [0.4, 0.5) is 10.1 Å². The summed E-state index contributed by atoms with van der Waals surface area (Å²) >= 11 is 0. The van der Waals surface area contributed by atoms with Gasteiger partial charge in [0.2, 0.25) is 11.7 Å². The van der Waals surface area contributed by atoms with Crippen molar-refractivity contribution in [2.45, 2.75) is 39.0 Å². The highest BCUT2D eigenvalue weighted by atomic mass is 19.1. The van der Waals surface area contributed by atoms with E-state index in [0.29, 0.717) is 46.9 Å². The smallest absolute Gasteiger partial charge is 0.232 e. The molecule has 1 aliphatic heterocycles. The number of carbonyl (C=O) groups is 2. The summed E-state index contributed by atoms with van der Waals surface area (Å²) in [5.41, 5.74) is 1.56. The maximum atomic E-state index is 14.8. The van der Waals surface area contributed by atoms with Crippen LogP contribution in [0, 0.1) is 11.2 Å². The van der Waals surface area contributed by atoms with Crippen LogP contribution >= 0.6 is 0 Å². The number of halogens is 1. The van der Waals surface area contributed by atoms with Gasteiger partial charge in [-0.3, -0.25) is 14.5 Å². The van der Waals surface area contributed by atoms with Crippen LogP contribution in [0.1, 0.15) is 44.6 Å². The van der Waals surface area contributed by atoms with E-state index in [-0.39, 0.29) is 29.2 Å². The topological polar surface area (TPSA) is 65.1 Å². The Morgan fingerprint density at radius 3 is 2.27 bits per heavy atom. The zero-order valence-corrected chi connectivity index (χ0v) is 19.5. The third-order valence-electron chi connectivity index (χ3n) is 6.35. The fraction of sp³-hybridized carbons (Fsp3) is 0.385. The fourth-order valence-electron chi connectivity index (χ4n) is 4.99. The van der Waals surface area contributed by atoms with E-state index >= 15 is 0 Å². The largest absolute Gasteiger partial charge is 0.493 e. The number of methoxy groups -OCH3 is 3. The van der Waals surface area contributed by atoms with Gasteiger partial charge >= 0.3 is 0 Å². The summed E-state index contributed by atoms with van der Waals surface area (Å²) in [6.45, 7) is 3.97. The summed E-state index contributed by atoms with van der Waals surface area (Å²) in [6.07, 6.45) is 0.822. The average Bonchev–Trinajstić information content (AvgIpc) is 2.77. The van der Waals surface area contributed by atoms with Crippen LogP contribution in [-0.4, -0.2) is 33.0 Å². The maximum Gasteiger partial charge on any atom is 0.232 e. The molecule has 0 spiro atoms. The highest BCUT2D eigenvalue weighted by Gasteiger charge is 2.45. The predicted octanol–water partition coefficient (Wildman–Crippen LogP) is 5.02. The number of Topliss-reactive ketones (excluding diaryl/α,β-unsaturated/α-hetero) is 1. The third kappa shape index (κ3) is 3.86. The number of allylic oxidation sites excluding steroid dienone is 2. The molecule has 0 radical (unpaired) electrons. The molecule has 0 N–H and O–H groups in total. The van der Waals surface area contributed by atoms with Gasteiger partial charge in [0.25, 0.3) is 0 Å². The van der Waals surface area contributed by atoms with E-state index in [1.165, 1.54) is 32.3 Å². The molecular weight excluding hydrogens is 425 g/mol. The molecule has 0 saturated carbocycles. The fourth-order valence-corrected chi connectivity index (χ4v) is 4.99. The highest BCUT2D eigenvalue weighted by Crippen LogP contribution is 2.52. The van der Waals surface area contributed by atoms with Gasteiger partial charge in [0, 0.05) is 35.6 Å². The maximum absolute atomic E-state index is 14.8. The van der Waals surface area contributed by atoms with Gasteiger partial charge in [0.05, 0.1) is 27.0 Å². The van der Waals surface area contributed by atoms with Crippen LogP contribution in [0.5, 0.6) is 17.2 Å². The van der Waals surface area contributed by atoms with Crippen molar-refractivity contribution in [3.8, 4) is 17.2 Å². The number of amides is 1. The summed E-state index contributed by atoms with van der Waals surface area (Å²) < 4.78 is 31.3. The SMILES string of the molecule is COc1ccc([C@@H]2CC(=O)N(c3ccccc3F)C3=C2C(=O)CC(C)(C)C3)c(OC)c1OC. The standard InChI is InChI=1S/C26H28FNO5/c1-26(2)13-19-23(20(29)14-26)16(12-22(30)28(19)18-9-7-6-8-17(18)27)15-10-11-21(31-3)25(33-5)24(15)32-4/h6-11,16H,12-14H2,1-5H3/t16-/m0/s1. The van der Waals surface area contributed by atoms with Gasteiger partial charge in [-0.15, -0.1) is 0 Å². The Labute approximate surface area is 192 Å². The summed E-state index contributed by atoms with van der Waals surface area (Å²) in [7, 11) is 4.55. The lowest BCUT2D eigenvalue weighted by atomic mass is 9.69. The first-order valence-corrected chi connectivity index (χ1v) is 10.8.